The smallest absolute Gasteiger partial charge is 0.226 e. The van der Waals surface area contributed by atoms with Crippen LogP contribution in [0, 0.1) is 0 Å². The van der Waals surface area contributed by atoms with E-state index in [0.29, 0.717) is 12.3 Å². The van der Waals surface area contributed by atoms with Crippen molar-refractivity contribution in [2.45, 2.75) is 32.2 Å². The van der Waals surface area contributed by atoms with Crippen molar-refractivity contribution in [1.82, 2.24) is 10.1 Å². The predicted molar refractivity (Wildman–Crippen MR) is 65.5 cm³/mol. The van der Waals surface area contributed by atoms with E-state index in [0.717, 1.165) is 18.7 Å². The Hall–Kier alpha value is -1.68. The topological polar surface area (TPSA) is 64.9 Å². The lowest BCUT2D eigenvalue weighted by atomic mass is 10.1. The minimum atomic E-state index is 0.166. The third kappa shape index (κ3) is 3.67. The molecule has 0 bridgehead atoms. The maximum atomic E-state index is 5.68. The van der Waals surface area contributed by atoms with E-state index in [1.54, 1.807) is 0 Å². The van der Waals surface area contributed by atoms with Crippen molar-refractivity contribution in [2.75, 3.05) is 0 Å². The van der Waals surface area contributed by atoms with Gasteiger partial charge in [-0.25, -0.2) is 0 Å². The first kappa shape index (κ1) is 11.8. The second kappa shape index (κ2) is 5.59. The van der Waals surface area contributed by atoms with Crippen LogP contribution >= 0.6 is 0 Å². The first-order valence-electron chi connectivity index (χ1n) is 5.85. The fourth-order valence-corrected chi connectivity index (χ4v) is 1.59. The van der Waals surface area contributed by atoms with E-state index in [-0.39, 0.29) is 6.04 Å². The Kier molecular flexibility index (Phi) is 3.88. The van der Waals surface area contributed by atoms with Gasteiger partial charge in [0.1, 0.15) is 0 Å². The lowest BCUT2D eigenvalue weighted by molar-refractivity contribution is 0.368. The molecule has 0 aliphatic carbocycles. The summed E-state index contributed by atoms with van der Waals surface area (Å²) in [4.78, 5) is 4.34. The zero-order chi connectivity index (χ0) is 12.1. The molecule has 0 amide bonds. The highest BCUT2D eigenvalue weighted by Crippen LogP contribution is 2.08. The second-order valence-electron chi connectivity index (χ2n) is 4.28. The van der Waals surface area contributed by atoms with E-state index in [1.165, 1.54) is 5.56 Å². The molecular weight excluding hydrogens is 214 g/mol. The van der Waals surface area contributed by atoms with Crippen LogP contribution in [0.25, 0.3) is 0 Å². The van der Waals surface area contributed by atoms with Gasteiger partial charge < -0.3 is 10.3 Å². The number of aryl methyl sites for hydroxylation is 1. The van der Waals surface area contributed by atoms with Gasteiger partial charge in [-0.3, -0.25) is 0 Å². The quantitative estimate of drug-likeness (QED) is 0.854. The van der Waals surface area contributed by atoms with Gasteiger partial charge in [-0.15, -0.1) is 0 Å². The Labute approximate surface area is 101 Å². The average molecular weight is 231 g/mol. The highest BCUT2D eigenvalue weighted by Gasteiger charge is 2.07. The van der Waals surface area contributed by atoms with Gasteiger partial charge in [0.25, 0.3) is 0 Å². The molecule has 4 nitrogen and oxygen atoms in total. The predicted octanol–water partition coefficient (Wildman–Crippen LogP) is 1.94. The van der Waals surface area contributed by atoms with E-state index in [4.69, 9.17) is 10.3 Å². The number of hydrogen-bond acceptors (Lipinski definition) is 4. The summed E-state index contributed by atoms with van der Waals surface area (Å²) in [7, 11) is 0. The second-order valence-corrected chi connectivity index (χ2v) is 4.28. The molecule has 0 spiro atoms. The van der Waals surface area contributed by atoms with Crippen molar-refractivity contribution in [2.24, 2.45) is 5.73 Å². The van der Waals surface area contributed by atoms with Crippen molar-refractivity contribution in [1.29, 1.82) is 0 Å². The SMILES string of the molecule is CC(N)CCc1nc(Cc2ccccc2)no1. The lowest BCUT2D eigenvalue weighted by Gasteiger charge is -1.99. The summed E-state index contributed by atoms with van der Waals surface area (Å²) in [6, 6.07) is 10.3. The first-order chi connectivity index (χ1) is 8.24. The normalized spacial score (nSPS) is 12.6. The molecule has 2 rings (SSSR count). The van der Waals surface area contributed by atoms with Crippen molar-refractivity contribution in [3.63, 3.8) is 0 Å². The minimum absolute atomic E-state index is 0.166. The van der Waals surface area contributed by atoms with Gasteiger partial charge in [-0.1, -0.05) is 35.5 Å². The zero-order valence-corrected chi connectivity index (χ0v) is 9.97. The fourth-order valence-electron chi connectivity index (χ4n) is 1.59. The van der Waals surface area contributed by atoms with Crippen LogP contribution in [-0.2, 0) is 12.8 Å². The molecule has 2 N–H and O–H groups in total. The Balaban J connectivity index is 1.94. The molecule has 1 aromatic heterocycles. The molecule has 17 heavy (non-hydrogen) atoms. The largest absolute Gasteiger partial charge is 0.339 e. The third-order valence-electron chi connectivity index (χ3n) is 2.53. The lowest BCUT2D eigenvalue weighted by Crippen LogP contribution is -2.15. The summed E-state index contributed by atoms with van der Waals surface area (Å²) < 4.78 is 5.17. The summed E-state index contributed by atoms with van der Waals surface area (Å²) in [6.07, 6.45) is 2.33. The number of nitrogens with two attached hydrogens (primary N) is 1. The number of hydrogen-bond donors (Lipinski definition) is 1. The van der Waals surface area contributed by atoms with Gasteiger partial charge in [0, 0.05) is 18.9 Å². The highest BCUT2D eigenvalue weighted by atomic mass is 16.5. The van der Waals surface area contributed by atoms with Crippen LogP contribution in [0.1, 0.15) is 30.6 Å². The van der Waals surface area contributed by atoms with Crippen molar-refractivity contribution in [3.8, 4) is 0 Å². The molecule has 0 radical (unpaired) electrons. The van der Waals surface area contributed by atoms with Crippen molar-refractivity contribution >= 4 is 0 Å². The molecule has 1 aromatic carbocycles. The molecule has 0 aliphatic rings. The molecular formula is C13H17N3O. The van der Waals surface area contributed by atoms with Gasteiger partial charge in [-0.2, -0.15) is 4.98 Å². The molecule has 2 aromatic rings. The summed E-state index contributed by atoms with van der Waals surface area (Å²) in [5.74, 6) is 1.41. The van der Waals surface area contributed by atoms with Crippen LogP contribution in [0.15, 0.2) is 34.9 Å². The minimum Gasteiger partial charge on any atom is -0.339 e. The number of nitrogens with zero attached hydrogens (tertiary/aromatic N) is 2. The van der Waals surface area contributed by atoms with Crippen LogP contribution in [0.4, 0.5) is 0 Å². The fraction of sp³-hybridized carbons (Fsp3) is 0.385. The van der Waals surface area contributed by atoms with Crippen LogP contribution < -0.4 is 5.73 Å². The first-order valence-corrected chi connectivity index (χ1v) is 5.85. The van der Waals surface area contributed by atoms with Crippen LogP contribution in [0.5, 0.6) is 0 Å². The van der Waals surface area contributed by atoms with Crippen LogP contribution in [0.3, 0.4) is 0 Å². The van der Waals surface area contributed by atoms with Gasteiger partial charge >= 0.3 is 0 Å². The summed E-state index contributed by atoms with van der Waals surface area (Å²) in [6.45, 7) is 1.97. The molecule has 0 saturated heterocycles. The molecule has 0 saturated carbocycles. The third-order valence-corrected chi connectivity index (χ3v) is 2.53. The Morgan fingerprint density at radius 1 is 1.29 bits per heavy atom. The molecule has 1 atom stereocenters. The van der Waals surface area contributed by atoms with Crippen LogP contribution in [0.2, 0.25) is 0 Å². The Bertz CT molecular complexity index is 451. The van der Waals surface area contributed by atoms with Gasteiger partial charge in [0.15, 0.2) is 5.82 Å². The molecule has 4 heteroatoms. The maximum Gasteiger partial charge on any atom is 0.226 e. The van der Waals surface area contributed by atoms with Crippen molar-refractivity contribution < 1.29 is 4.52 Å². The van der Waals surface area contributed by atoms with E-state index < -0.39 is 0 Å². The molecule has 90 valence electrons. The maximum absolute atomic E-state index is 5.68. The van der Waals surface area contributed by atoms with E-state index in [1.807, 2.05) is 25.1 Å². The van der Waals surface area contributed by atoms with Gasteiger partial charge in [0.05, 0.1) is 0 Å². The number of aromatic nitrogens is 2. The molecule has 0 fully saturated rings. The van der Waals surface area contributed by atoms with Crippen LogP contribution in [-0.4, -0.2) is 16.2 Å². The standard InChI is InChI=1S/C13H17N3O/c1-10(14)7-8-13-15-12(16-17-13)9-11-5-3-2-4-6-11/h2-6,10H,7-9,14H2,1H3. The number of benzene rings is 1. The number of rotatable bonds is 5. The molecule has 1 heterocycles. The van der Waals surface area contributed by atoms with E-state index in [2.05, 4.69) is 22.3 Å². The zero-order valence-electron chi connectivity index (χ0n) is 9.97. The van der Waals surface area contributed by atoms with E-state index in [9.17, 15) is 0 Å². The average Bonchev–Trinajstić information content (AvgIpc) is 2.75. The van der Waals surface area contributed by atoms with E-state index >= 15 is 0 Å². The Morgan fingerprint density at radius 3 is 2.76 bits per heavy atom. The monoisotopic (exact) mass is 231 g/mol. The summed E-state index contributed by atoms with van der Waals surface area (Å²) in [5.41, 5.74) is 6.87. The molecule has 1 unspecified atom stereocenters. The van der Waals surface area contributed by atoms with Gasteiger partial charge in [-0.05, 0) is 18.9 Å². The summed E-state index contributed by atoms with van der Waals surface area (Å²) in [5, 5.41) is 3.96. The summed E-state index contributed by atoms with van der Waals surface area (Å²) >= 11 is 0. The highest BCUT2D eigenvalue weighted by molar-refractivity contribution is 5.18. The van der Waals surface area contributed by atoms with Crippen molar-refractivity contribution in [3.05, 3.63) is 47.6 Å². The van der Waals surface area contributed by atoms with Gasteiger partial charge in [0.2, 0.25) is 5.89 Å². The Morgan fingerprint density at radius 2 is 2.06 bits per heavy atom. The molecule has 0 aliphatic heterocycles.